The number of para-hydroxylation sites is 1. The largest absolute Gasteiger partial charge is 0.494 e. The number of nitrogens with zero attached hydrogens (tertiary/aromatic N) is 2. The second kappa shape index (κ2) is 12.7. The number of ether oxygens (including phenoxy) is 1. The first-order valence-corrected chi connectivity index (χ1v) is 10.1. The Kier molecular flexibility index (Phi) is 11.0. The van der Waals surface area contributed by atoms with E-state index in [4.69, 9.17) is 9.84 Å². The molecule has 1 atom stereocenters. The lowest BCUT2D eigenvalue weighted by molar-refractivity contribution is -0.138. The lowest BCUT2D eigenvalue weighted by Crippen LogP contribution is -2.47. The van der Waals surface area contributed by atoms with Crippen LogP contribution in [-0.4, -0.2) is 72.7 Å². The first-order chi connectivity index (χ1) is 13.4. The summed E-state index contributed by atoms with van der Waals surface area (Å²) in [7, 11) is 1.85. The van der Waals surface area contributed by atoms with Crippen molar-refractivity contribution in [1.29, 1.82) is 0 Å². The molecule has 0 spiro atoms. The molecule has 2 rings (SSSR count). The molecular weight excluding hydrogens is 394 g/mol. The molecule has 0 aliphatic carbocycles. The fourth-order valence-corrected chi connectivity index (χ4v) is 3.76. The summed E-state index contributed by atoms with van der Waals surface area (Å²) < 4.78 is 5.70. The van der Waals surface area contributed by atoms with Gasteiger partial charge in [0, 0.05) is 24.7 Å². The van der Waals surface area contributed by atoms with E-state index in [1.54, 1.807) is 0 Å². The Morgan fingerprint density at radius 3 is 2.52 bits per heavy atom. The molecule has 1 unspecified atom stereocenters. The van der Waals surface area contributed by atoms with Crippen molar-refractivity contribution >= 4 is 24.3 Å². The van der Waals surface area contributed by atoms with E-state index in [0.29, 0.717) is 13.2 Å². The molecule has 7 nitrogen and oxygen atoms in total. The van der Waals surface area contributed by atoms with Crippen LogP contribution in [0.3, 0.4) is 0 Å². The number of carbonyl (C=O) groups excluding carboxylic acids is 1. The predicted molar refractivity (Wildman–Crippen MR) is 116 cm³/mol. The number of piperidine rings is 1. The molecule has 0 radical (unpaired) electrons. The van der Waals surface area contributed by atoms with Crippen LogP contribution in [0.2, 0.25) is 0 Å². The Morgan fingerprint density at radius 1 is 1.28 bits per heavy atom. The first kappa shape index (κ1) is 25.2. The summed E-state index contributed by atoms with van der Waals surface area (Å²) in [6, 6.07) is 8.03. The van der Waals surface area contributed by atoms with Crippen molar-refractivity contribution in [3.05, 3.63) is 29.8 Å². The zero-order valence-electron chi connectivity index (χ0n) is 17.6. The molecule has 1 amide bonds. The van der Waals surface area contributed by atoms with Gasteiger partial charge in [-0.25, -0.2) is 0 Å². The molecule has 8 heteroatoms. The standard InChI is InChI=1S/C21H33N3O4.ClH/c1-4-18(17-8-6-7-9-19(17)28-5-2)22-20(25)14-24-12-10-16(11-13-24)23(3)15-21(26)27;/h6-9,16,18H,4-5,10-15H2,1-3H3,(H,22,25)(H,26,27);1H. The highest BCUT2D eigenvalue weighted by Gasteiger charge is 2.25. The van der Waals surface area contributed by atoms with E-state index in [-0.39, 0.29) is 36.9 Å². The smallest absolute Gasteiger partial charge is 0.317 e. The number of carboxylic acid groups (broad SMARTS) is 1. The van der Waals surface area contributed by atoms with Gasteiger partial charge in [0.05, 0.1) is 25.7 Å². The van der Waals surface area contributed by atoms with Gasteiger partial charge in [-0.3, -0.25) is 19.4 Å². The third-order valence-electron chi connectivity index (χ3n) is 5.27. The van der Waals surface area contributed by atoms with Crippen LogP contribution in [0.5, 0.6) is 5.75 Å². The van der Waals surface area contributed by atoms with Gasteiger partial charge in [0.15, 0.2) is 0 Å². The maximum atomic E-state index is 12.6. The van der Waals surface area contributed by atoms with E-state index in [9.17, 15) is 9.59 Å². The molecule has 164 valence electrons. The number of nitrogens with one attached hydrogen (secondary N) is 1. The van der Waals surface area contributed by atoms with Crippen molar-refractivity contribution in [3.63, 3.8) is 0 Å². The van der Waals surface area contributed by atoms with Gasteiger partial charge in [-0.1, -0.05) is 25.1 Å². The minimum absolute atomic E-state index is 0. The van der Waals surface area contributed by atoms with E-state index in [1.807, 2.05) is 43.1 Å². The fraction of sp³-hybridized carbons (Fsp3) is 0.619. The van der Waals surface area contributed by atoms with Crippen molar-refractivity contribution in [3.8, 4) is 5.75 Å². The number of hydrogen-bond acceptors (Lipinski definition) is 5. The van der Waals surface area contributed by atoms with Crippen LogP contribution in [0.15, 0.2) is 24.3 Å². The zero-order valence-corrected chi connectivity index (χ0v) is 18.4. The van der Waals surface area contributed by atoms with Gasteiger partial charge in [-0.15, -0.1) is 12.4 Å². The minimum Gasteiger partial charge on any atom is -0.494 e. The summed E-state index contributed by atoms with van der Waals surface area (Å²) in [6.07, 6.45) is 2.54. The van der Waals surface area contributed by atoms with Crippen molar-refractivity contribution < 1.29 is 19.4 Å². The summed E-state index contributed by atoms with van der Waals surface area (Å²) in [4.78, 5) is 27.5. The Balaban J connectivity index is 0.00000420. The highest BCUT2D eigenvalue weighted by molar-refractivity contribution is 5.85. The maximum absolute atomic E-state index is 12.6. The average Bonchev–Trinajstić information content (AvgIpc) is 2.67. The number of amides is 1. The number of likely N-dealkylation sites (tertiary alicyclic amines) is 1. The SMILES string of the molecule is CCOc1ccccc1C(CC)NC(=O)CN1CCC(N(C)CC(=O)O)CC1.Cl. The van der Waals surface area contributed by atoms with Gasteiger partial charge in [-0.2, -0.15) is 0 Å². The summed E-state index contributed by atoms with van der Waals surface area (Å²) >= 11 is 0. The highest BCUT2D eigenvalue weighted by atomic mass is 35.5. The van der Waals surface area contributed by atoms with E-state index in [1.165, 1.54) is 0 Å². The van der Waals surface area contributed by atoms with Crippen LogP contribution >= 0.6 is 12.4 Å². The van der Waals surface area contributed by atoms with Gasteiger partial charge < -0.3 is 15.2 Å². The van der Waals surface area contributed by atoms with Crippen LogP contribution in [-0.2, 0) is 9.59 Å². The number of rotatable bonds is 10. The summed E-state index contributed by atoms with van der Waals surface area (Å²) in [5, 5.41) is 12.1. The second-order valence-corrected chi connectivity index (χ2v) is 7.32. The number of carbonyl (C=O) groups is 2. The molecule has 1 aliphatic heterocycles. The van der Waals surface area contributed by atoms with Gasteiger partial charge in [0.1, 0.15) is 5.75 Å². The lowest BCUT2D eigenvalue weighted by atomic mass is 10.0. The Labute approximate surface area is 179 Å². The fourth-order valence-electron chi connectivity index (χ4n) is 3.76. The topological polar surface area (TPSA) is 82.1 Å². The Morgan fingerprint density at radius 2 is 1.93 bits per heavy atom. The number of hydrogen-bond donors (Lipinski definition) is 2. The van der Waals surface area contributed by atoms with Crippen molar-refractivity contribution in [2.24, 2.45) is 0 Å². The van der Waals surface area contributed by atoms with Gasteiger partial charge in [0.25, 0.3) is 0 Å². The van der Waals surface area contributed by atoms with E-state index >= 15 is 0 Å². The molecule has 0 aromatic heterocycles. The molecule has 29 heavy (non-hydrogen) atoms. The number of carboxylic acids is 1. The van der Waals surface area contributed by atoms with Gasteiger partial charge >= 0.3 is 5.97 Å². The Hall–Kier alpha value is -1.83. The van der Waals surface area contributed by atoms with Crippen LogP contribution in [0.25, 0.3) is 0 Å². The number of halogens is 1. The Bertz CT molecular complexity index is 651. The van der Waals surface area contributed by atoms with Gasteiger partial charge in [0.2, 0.25) is 5.91 Å². The molecule has 0 bridgehead atoms. The molecule has 1 aromatic carbocycles. The molecular formula is C21H34ClN3O4. The average molecular weight is 428 g/mol. The number of aliphatic carboxylic acids is 1. The number of benzene rings is 1. The summed E-state index contributed by atoms with van der Waals surface area (Å²) in [5.41, 5.74) is 1.01. The quantitative estimate of drug-likeness (QED) is 0.597. The zero-order chi connectivity index (χ0) is 20.5. The molecule has 1 heterocycles. The lowest BCUT2D eigenvalue weighted by Gasteiger charge is -2.36. The van der Waals surface area contributed by atoms with E-state index in [2.05, 4.69) is 17.1 Å². The van der Waals surface area contributed by atoms with Gasteiger partial charge in [-0.05, 0) is 39.3 Å². The predicted octanol–water partition coefficient (Wildman–Crippen LogP) is 2.56. The normalized spacial score (nSPS) is 16.1. The van der Waals surface area contributed by atoms with Crippen molar-refractivity contribution in [1.82, 2.24) is 15.1 Å². The van der Waals surface area contributed by atoms with Crippen molar-refractivity contribution in [2.75, 3.05) is 39.8 Å². The summed E-state index contributed by atoms with van der Waals surface area (Å²) in [6.45, 7) is 6.62. The van der Waals surface area contributed by atoms with Crippen molar-refractivity contribution in [2.45, 2.75) is 45.2 Å². The maximum Gasteiger partial charge on any atom is 0.317 e. The summed E-state index contributed by atoms with van der Waals surface area (Å²) in [5.74, 6) is 0.0252. The third-order valence-corrected chi connectivity index (χ3v) is 5.27. The first-order valence-electron chi connectivity index (χ1n) is 10.1. The molecule has 1 aliphatic rings. The highest BCUT2D eigenvalue weighted by Crippen LogP contribution is 2.27. The molecule has 0 saturated carbocycles. The van der Waals surface area contributed by atoms with Crippen LogP contribution < -0.4 is 10.1 Å². The third kappa shape index (κ3) is 7.84. The second-order valence-electron chi connectivity index (χ2n) is 7.32. The molecule has 2 N–H and O–H groups in total. The van der Waals surface area contributed by atoms with Crippen LogP contribution in [0, 0.1) is 0 Å². The van der Waals surface area contributed by atoms with Crippen LogP contribution in [0.4, 0.5) is 0 Å². The van der Waals surface area contributed by atoms with Crippen LogP contribution in [0.1, 0.15) is 44.7 Å². The molecule has 1 aromatic rings. The molecule has 1 saturated heterocycles. The monoisotopic (exact) mass is 427 g/mol. The molecule has 1 fully saturated rings. The van der Waals surface area contributed by atoms with E-state index < -0.39 is 5.97 Å². The minimum atomic E-state index is -0.803. The van der Waals surface area contributed by atoms with E-state index in [0.717, 1.165) is 43.7 Å². The number of likely N-dealkylation sites (N-methyl/N-ethyl adjacent to an activating group) is 1.